The fourth-order valence-corrected chi connectivity index (χ4v) is 3.84. The van der Waals surface area contributed by atoms with Gasteiger partial charge in [0.2, 0.25) is 5.91 Å². The van der Waals surface area contributed by atoms with Gasteiger partial charge in [0.15, 0.2) is 0 Å². The topological polar surface area (TPSA) is 41.6 Å². The maximum Gasteiger partial charge on any atom is 0.227 e. The first-order valence-electron chi connectivity index (χ1n) is 7.44. The van der Waals surface area contributed by atoms with Crippen molar-refractivity contribution in [2.45, 2.75) is 57.2 Å². The van der Waals surface area contributed by atoms with Crippen LogP contribution in [-0.2, 0) is 9.53 Å². The van der Waals surface area contributed by atoms with Crippen LogP contribution < -0.4 is 5.32 Å². The summed E-state index contributed by atoms with van der Waals surface area (Å²) in [7, 11) is 0. The SMILES string of the molecule is CCOC1CCCN(C(=O)C2CC3CCC2N3)C1. The quantitative estimate of drug-likeness (QED) is 0.819. The van der Waals surface area contributed by atoms with Gasteiger partial charge in [0.1, 0.15) is 0 Å². The smallest absolute Gasteiger partial charge is 0.227 e. The molecule has 4 unspecified atom stereocenters. The number of likely N-dealkylation sites (tertiary alicyclic amines) is 1. The zero-order valence-electron chi connectivity index (χ0n) is 11.2. The standard InChI is InChI=1S/C14H24N2O2/c1-2-18-11-4-3-7-16(9-11)14(17)12-8-10-5-6-13(12)15-10/h10-13,15H,2-9H2,1H3. The third-order valence-corrected chi connectivity index (χ3v) is 4.71. The number of nitrogens with zero attached hydrogens (tertiary/aromatic N) is 1. The van der Waals surface area contributed by atoms with Gasteiger partial charge in [-0.2, -0.15) is 0 Å². The van der Waals surface area contributed by atoms with E-state index in [-0.39, 0.29) is 12.0 Å². The van der Waals surface area contributed by atoms with Crippen LogP contribution in [0, 0.1) is 5.92 Å². The summed E-state index contributed by atoms with van der Waals surface area (Å²) in [4.78, 5) is 14.6. The number of nitrogens with one attached hydrogen (secondary N) is 1. The van der Waals surface area contributed by atoms with Crippen LogP contribution in [0.3, 0.4) is 0 Å². The van der Waals surface area contributed by atoms with Crippen LogP contribution in [0.4, 0.5) is 0 Å². The molecule has 0 saturated carbocycles. The van der Waals surface area contributed by atoms with Gasteiger partial charge in [-0.05, 0) is 39.0 Å². The summed E-state index contributed by atoms with van der Waals surface area (Å²) >= 11 is 0. The van der Waals surface area contributed by atoms with Gasteiger partial charge < -0.3 is 15.0 Å². The fourth-order valence-electron chi connectivity index (χ4n) is 3.84. The molecule has 0 aromatic heterocycles. The Labute approximate surface area is 109 Å². The Bertz CT molecular complexity index is 319. The fraction of sp³-hybridized carbons (Fsp3) is 0.929. The number of fused-ring (bicyclic) bond motifs is 2. The van der Waals surface area contributed by atoms with Crippen molar-refractivity contribution in [3.8, 4) is 0 Å². The Hall–Kier alpha value is -0.610. The number of carbonyl (C=O) groups excluding carboxylic acids is 1. The number of amides is 1. The van der Waals surface area contributed by atoms with Gasteiger partial charge in [-0.1, -0.05) is 0 Å². The highest BCUT2D eigenvalue weighted by Gasteiger charge is 2.44. The van der Waals surface area contributed by atoms with E-state index in [0.717, 1.165) is 39.0 Å². The first kappa shape index (κ1) is 12.4. The second kappa shape index (κ2) is 5.17. The van der Waals surface area contributed by atoms with Gasteiger partial charge in [0, 0.05) is 31.8 Å². The molecular weight excluding hydrogens is 228 g/mol. The first-order chi connectivity index (χ1) is 8.78. The van der Waals surface area contributed by atoms with Crippen molar-refractivity contribution in [3.63, 3.8) is 0 Å². The molecule has 1 amide bonds. The highest BCUT2D eigenvalue weighted by Crippen LogP contribution is 2.34. The molecule has 4 nitrogen and oxygen atoms in total. The van der Waals surface area contributed by atoms with Gasteiger partial charge in [-0.25, -0.2) is 0 Å². The van der Waals surface area contributed by atoms with E-state index in [4.69, 9.17) is 4.74 Å². The highest BCUT2D eigenvalue weighted by atomic mass is 16.5. The predicted molar refractivity (Wildman–Crippen MR) is 69.3 cm³/mol. The molecule has 0 aromatic carbocycles. The maximum atomic E-state index is 12.6. The normalized spacial score (nSPS) is 39.3. The van der Waals surface area contributed by atoms with Crippen molar-refractivity contribution in [3.05, 3.63) is 0 Å². The van der Waals surface area contributed by atoms with E-state index in [0.29, 0.717) is 18.0 Å². The molecule has 3 aliphatic rings. The molecule has 1 N–H and O–H groups in total. The third-order valence-electron chi connectivity index (χ3n) is 4.71. The lowest BCUT2D eigenvalue weighted by Gasteiger charge is -2.35. The molecule has 4 atom stereocenters. The summed E-state index contributed by atoms with van der Waals surface area (Å²) in [6.45, 7) is 4.51. The van der Waals surface area contributed by atoms with Crippen molar-refractivity contribution in [2.24, 2.45) is 5.92 Å². The molecule has 2 bridgehead atoms. The van der Waals surface area contributed by atoms with Crippen molar-refractivity contribution in [1.29, 1.82) is 0 Å². The lowest BCUT2D eigenvalue weighted by atomic mass is 9.87. The molecule has 3 heterocycles. The Morgan fingerprint density at radius 1 is 1.39 bits per heavy atom. The number of rotatable bonds is 3. The molecule has 18 heavy (non-hydrogen) atoms. The average Bonchev–Trinajstić information content (AvgIpc) is 3.01. The zero-order chi connectivity index (χ0) is 12.5. The molecule has 0 aromatic rings. The van der Waals surface area contributed by atoms with Crippen LogP contribution in [0.25, 0.3) is 0 Å². The van der Waals surface area contributed by atoms with E-state index in [1.54, 1.807) is 0 Å². The van der Waals surface area contributed by atoms with E-state index >= 15 is 0 Å². The van der Waals surface area contributed by atoms with Crippen LogP contribution in [0.2, 0.25) is 0 Å². The second-order valence-electron chi connectivity index (χ2n) is 5.89. The van der Waals surface area contributed by atoms with E-state index in [1.165, 1.54) is 12.8 Å². The summed E-state index contributed by atoms with van der Waals surface area (Å²) in [5, 5.41) is 3.56. The average molecular weight is 252 g/mol. The molecule has 4 heteroatoms. The summed E-state index contributed by atoms with van der Waals surface area (Å²) in [5.41, 5.74) is 0. The van der Waals surface area contributed by atoms with Crippen LogP contribution in [0.15, 0.2) is 0 Å². The number of hydrogen-bond donors (Lipinski definition) is 1. The number of hydrogen-bond acceptors (Lipinski definition) is 3. The minimum absolute atomic E-state index is 0.240. The van der Waals surface area contributed by atoms with Crippen LogP contribution in [0.1, 0.15) is 39.0 Å². The van der Waals surface area contributed by atoms with Crippen LogP contribution in [-0.4, -0.2) is 48.7 Å². The molecule has 3 rings (SSSR count). The Kier molecular flexibility index (Phi) is 3.57. The lowest BCUT2D eigenvalue weighted by molar-refractivity contribution is -0.140. The van der Waals surface area contributed by atoms with E-state index in [2.05, 4.69) is 10.2 Å². The Balaban J connectivity index is 1.58. The first-order valence-corrected chi connectivity index (χ1v) is 7.44. The Morgan fingerprint density at radius 2 is 2.28 bits per heavy atom. The second-order valence-corrected chi connectivity index (χ2v) is 5.89. The van der Waals surface area contributed by atoms with Gasteiger partial charge in [-0.3, -0.25) is 4.79 Å². The molecule has 3 fully saturated rings. The molecule has 0 aliphatic carbocycles. The molecular formula is C14H24N2O2. The van der Waals surface area contributed by atoms with E-state index in [1.807, 2.05) is 6.92 Å². The predicted octanol–water partition coefficient (Wildman–Crippen LogP) is 1.15. The van der Waals surface area contributed by atoms with Crippen molar-refractivity contribution in [2.75, 3.05) is 19.7 Å². The van der Waals surface area contributed by atoms with Crippen molar-refractivity contribution < 1.29 is 9.53 Å². The highest BCUT2D eigenvalue weighted by molar-refractivity contribution is 5.80. The van der Waals surface area contributed by atoms with Crippen molar-refractivity contribution >= 4 is 5.91 Å². The summed E-state index contributed by atoms with van der Waals surface area (Å²) in [5.74, 6) is 0.614. The van der Waals surface area contributed by atoms with Crippen LogP contribution in [0.5, 0.6) is 0 Å². The monoisotopic (exact) mass is 252 g/mol. The van der Waals surface area contributed by atoms with Gasteiger partial charge in [-0.15, -0.1) is 0 Å². The molecule has 0 radical (unpaired) electrons. The summed E-state index contributed by atoms with van der Waals surface area (Å²) in [6, 6.07) is 1.06. The summed E-state index contributed by atoms with van der Waals surface area (Å²) < 4.78 is 5.68. The summed E-state index contributed by atoms with van der Waals surface area (Å²) in [6.07, 6.45) is 5.95. The van der Waals surface area contributed by atoms with E-state index < -0.39 is 0 Å². The molecule has 3 saturated heterocycles. The molecule has 3 aliphatic heterocycles. The van der Waals surface area contributed by atoms with Gasteiger partial charge in [0.25, 0.3) is 0 Å². The molecule has 0 spiro atoms. The minimum atomic E-state index is 0.240. The number of ether oxygens (including phenoxy) is 1. The largest absolute Gasteiger partial charge is 0.377 e. The number of piperidine rings is 1. The van der Waals surface area contributed by atoms with Crippen molar-refractivity contribution in [1.82, 2.24) is 10.2 Å². The third kappa shape index (κ3) is 2.28. The van der Waals surface area contributed by atoms with Gasteiger partial charge in [0.05, 0.1) is 12.0 Å². The van der Waals surface area contributed by atoms with E-state index in [9.17, 15) is 4.79 Å². The minimum Gasteiger partial charge on any atom is -0.377 e. The van der Waals surface area contributed by atoms with Gasteiger partial charge >= 0.3 is 0 Å². The maximum absolute atomic E-state index is 12.6. The Morgan fingerprint density at radius 3 is 2.94 bits per heavy atom. The molecule has 102 valence electrons. The number of carbonyl (C=O) groups is 1. The zero-order valence-corrected chi connectivity index (χ0v) is 11.2. The lowest BCUT2D eigenvalue weighted by Crippen LogP contribution is -2.47. The van der Waals surface area contributed by atoms with Crippen LogP contribution >= 0.6 is 0 Å².